The van der Waals surface area contributed by atoms with Crippen molar-refractivity contribution in [2.75, 3.05) is 36.4 Å². The number of pyridine rings is 1. The number of aryl methyl sites for hydroxylation is 1. The number of halogens is 1. The van der Waals surface area contributed by atoms with E-state index in [4.69, 9.17) is 4.42 Å². The molecule has 8 nitrogen and oxygen atoms in total. The van der Waals surface area contributed by atoms with Gasteiger partial charge >= 0.3 is 0 Å². The van der Waals surface area contributed by atoms with Gasteiger partial charge in [0.2, 0.25) is 0 Å². The summed E-state index contributed by atoms with van der Waals surface area (Å²) in [6, 6.07) is 13.0. The highest BCUT2D eigenvalue weighted by atomic mass is 79.9. The molecule has 0 aromatic carbocycles. The van der Waals surface area contributed by atoms with E-state index in [9.17, 15) is 4.79 Å². The Hall–Kier alpha value is -2.94. The van der Waals surface area contributed by atoms with Crippen LogP contribution in [-0.4, -0.2) is 52.2 Å². The van der Waals surface area contributed by atoms with Crippen molar-refractivity contribution in [3.63, 3.8) is 0 Å². The van der Waals surface area contributed by atoms with Crippen LogP contribution in [0.2, 0.25) is 0 Å². The number of piperazine rings is 1. The molecule has 1 amide bonds. The molecule has 4 heterocycles. The summed E-state index contributed by atoms with van der Waals surface area (Å²) < 4.78 is 5.91. The lowest BCUT2D eigenvalue weighted by Gasteiger charge is -2.34. The van der Waals surface area contributed by atoms with E-state index in [1.807, 2.05) is 37.3 Å². The predicted octanol–water partition coefficient (Wildman–Crippen LogP) is 3.24. The number of aromatic nitrogens is 3. The Balaban J connectivity index is 1.35. The fourth-order valence-electron chi connectivity index (χ4n) is 3.03. The third-order valence-electron chi connectivity index (χ3n) is 4.47. The van der Waals surface area contributed by atoms with Gasteiger partial charge in [-0.25, -0.2) is 4.98 Å². The van der Waals surface area contributed by atoms with Crippen molar-refractivity contribution in [2.24, 2.45) is 0 Å². The number of carbonyl (C=O) groups excluding carboxylic acids is 1. The Labute approximate surface area is 170 Å². The molecule has 1 N–H and O–H groups in total. The third kappa shape index (κ3) is 4.14. The van der Waals surface area contributed by atoms with Gasteiger partial charge in [-0.15, -0.1) is 10.2 Å². The molecule has 0 spiro atoms. The molecule has 1 aliphatic rings. The first-order valence-electron chi connectivity index (χ1n) is 8.92. The Bertz CT molecular complexity index is 967. The SMILES string of the molecule is Cc1cccc(Nc2ccc(N3CCN(C(=O)c4ccc(Br)o4)CC3)nn2)n1. The zero-order chi connectivity index (χ0) is 19.5. The number of nitrogens with one attached hydrogen (secondary N) is 1. The summed E-state index contributed by atoms with van der Waals surface area (Å²) in [6.07, 6.45) is 0. The summed E-state index contributed by atoms with van der Waals surface area (Å²) in [4.78, 5) is 20.7. The zero-order valence-corrected chi connectivity index (χ0v) is 16.9. The molecule has 9 heteroatoms. The second-order valence-corrected chi connectivity index (χ2v) is 7.23. The lowest BCUT2D eigenvalue weighted by Crippen LogP contribution is -2.49. The average Bonchev–Trinajstić information content (AvgIpc) is 3.15. The van der Waals surface area contributed by atoms with E-state index in [0.717, 1.165) is 17.3 Å². The number of rotatable bonds is 4. The van der Waals surface area contributed by atoms with E-state index in [0.29, 0.717) is 42.4 Å². The molecule has 0 radical (unpaired) electrons. The smallest absolute Gasteiger partial charge is 0.289 e. The highest BCUT2D eigenvalue weighted by molar-refractivity contribution is 9.10. The fraction of sp³-hybridized carbons (Fsp3) is 0.263. The first kappa shape index (κ1) is 18.4. The summed E-state index contributed by atoms with van der Waals surface area (Å²) in [5.41, 5.74) is 0.934. The van der Waals surface area contributed by atoms with Gasteiger partial charge in [0, 0.05) is 31.9 Å². The topological polar surface area (TPSA) is 87.4 Å². The molecule has 0 atom stereocenters. The zero-order valence-electron chi connectivity index (χ0n) is 15.3. The van der Waals surface area contributed by atoms with Crippen molar-refractivity contribution in [1.82, 2.24) is 20.1 Å². The van der Waals surface area contributed by atoms with Crippen LogP contribution in [0.5, 0.6) is 0 Å². The Morgan fingerprint density at radius 3 is 2.50 bits per heavy atom. The van der Waals surface area contributed by atoms with Gasteiger partial charge in [0.25, 0.3) is 5.91 Å². The predicted molar refractivity (Wildman–Crippen MR) is 109 cm³/mol. The van der Waals surface area contributed by atoms with Crippen LogP contribution >= 0.6 is 15.9 Å². The quantitative estimate of drug-likeness (QED) is 0.663. The lowest BCUT2D eigenvalue weighted by molar-refractivity contribution is 0.0713. The van der Waals surface area contributed by atoms with Crippen LogP contribution in [-0.2, 0) is 0 Å². The lowest BCUT2D eigenvalue weighted by atomic mass is 10.3. The highest BCUT2D eigenvalue weighted by Crippen LogP contribution is 2.19. The summed E-state index contributed by atoms with van der Waals surface area (Å²) in [5, 5.41) is 11.7. The molecule has 0 bridgehead atoms. The van der Waals surface area contributed by atoms with Crippen molar-refractivity contribution in [1.29, 1.82) is 0 Å². The van der Waals surface area contributed by atoms with Crippen LogP contribution < -0.4 is 10.2 Å². The minimum absolute atomic E-state index is 0.0957. The standard InChI is InChI=1S/C19H19BrN6O2/c1-13-3-2-4-16(21-13)22-17-7-8-18(24-23-17)25-9-11-26(12-10-25)19(27)14-5-6-15(20)28-14/h2-8H,9-12H2,1H3,(H,21,22,23). The Morgan fingerprint density at radius 2 is 1.86 bits per heavy atom. The van der Waals surface area contributed by atoms with Gasteiger partial charge in [0.1, 0.15) is 5.82 Å². The normalized spacial score (nSPS) is 14.2. The van der Waals surface area contributed by atoms with Crippen molar-refractivity contribution in [3.05, 3.63) is 58.6 Å². The number of furan rings is 1. The molecule has 28 heavy (non-hydrogen) atoms. The number of anilines is 3. The molecule has 0 unspecified atom stereocenters. The van der Waals surface area contributed by atoms with E-state index >= 15 is 0 Å². The van der Waals surface area contributed by atoms with E-state index in [-0.39, 0.29) is 5.91 Å². The maximum Gasteiger partial charge on any atom is 0.289 e. The van der Waals surface area contributed by atoms with Gasteiger partial charge < -0.3 is 19.5 Å². The monoisotopic (exact) mass is 442 g/mol. The second-order valence-electron chi connectivity index (χ2n) is 6.45. The number of amides is 1. The molecule has 144 valence electrons. The van der Waals surface area contributed by atoms with Crippen LogP contribution in [0, 0.1) is 6.92 Å². The van der Waals surface area contributed by atoms with E-state index < -0.39 is 0 Å². The maximum atomic E-state index is 12.4. The molecular formula is C19H19BrN6O2. The van der Waals surface area contributed by atoms with Crippen molar-refractivity contribution in [3.8, 4) is 0 Å². The van der Waals surface area contributed by atoms with E-state index in [1.54, 1.807) is 17.0 Å². The van der Waals surface area contributed by atoms with Crippen LogP contribution in [0.4, 0.5) is 17.5 Å². The largest absolute Gasteiger partial charge is 0.444 e. The van der Waals surface area contributed by atoms with Crippen molar-refractivity contribution in [2.45, 2.75) is 6.92 Å². The third-order valence-corrected chi connectivity index (χ3v) is 4.90. The Kier molecular flexibility index (Phi) is 5.25. The van der Waals surface area contributed by atoms with E-state index in [1.165, 1.54) is 0 Å². The number of hydrogen-bond acceptors (Lipinski definition) is 7. The van der Waals surface area contributed by atoms with Crippen molar-refractivity contribution < 1.29 is 9.21 Å². The minimum atomic E-state index is -0.0957. The van der Waals surface area contributed by atoms with Gasteiger partial charge in [-0.1, -0.05) is 6.07 Å². The number of carbonyl (C=O) groups is 1. The van der Waals surface area contributed by atoms with Gasteiger partial charge in [-0.3, -0.25) is 4.79 Å². The molecule has 3 aromatic rings. The molecule has 4 rings (SSSR count). The average molecular weight is 443 g/mol. The number of nitrogens with zero attached hydrogens (tertiary/aromatic N) is 5. The second kappa shape index (κ2) is 7.97. The van der Waals surface area contributed by atoms with Crippen LogP contribution in [0.1, 0.15) is 16.2 Å². The molecule has 1 aliphatic heterocycles. The molecule has 0 saturated carbocycles. The number of hydrogen-bond donors (Lipinski definition) is 1. The molecule has 1 saturated heterocycles. The van der Waals surface area contributed by atoms with Crippen LogP contribution in [0.25, 0.3) is 0 Å². The first-order valence-corrected chi connectivity index (χ1v) is 9.72. The molecule has 1 fully saturated rings. The van der Waals surface area contributed by atoms with Crippen molar-refractivity contribution >= 4 is 39.3 Å². The minimum Gasteiger partial charge on any atom is -0.444 e. The van der Waals surface area contributed by atoms with Gasteiger partial charge in [-0.2, -0.15) is 0 Å². The summed E-state index contributed by atoms with van der Waals surface area (Å²) in [6.45, 7) is 4.52. The molecular weight excluding hydrogens is 424 g/mol. The van der Waals surface area contributed by atoms with E-state index in [2.05, 4.69) is 41.3 Å². The van der Waals surface area contributed by atoms with Crippen LogP contribution in [0.15, 0.2) is 51.6 Å². The van der Waals surface area contributed by atoms with Crippen LogP contribution in [0.3, 0.4) is 0 Å². The summed E-state index contributed by atoms with van der Waals surface area (Å²) in [7, 11) is 0. The van der Waals surface area contributed by atoms with Gasteiger partial charge in [0.05, 0.1) is 0 Å². The first-order chi connectivity index (χ1) is 13.6. The van der Waals surface area contributed by atoms with Gasteiger partial charge in [-0.05, 0) is 59.3 Å². The maximum absolute atomic E-state index is 12.4. The highest BCUT2D eigenvalue weighted by Gasteiger charge is 2.24. The summed E-state index contributed by atoms with van der Waals surface area (Å²) >= 11 is 3.22. The Morgan fingerprint density at radius 1 is 1.04 bits per heavy atom. The van der Waals surface area contributed by atoms with Gasteiger partial charge in [0.15, 0.2) is 22.1 Å². The molecule has 0 aliphatic carbocycles. The fourth-order valence-corrected chi connectivity index (χ4v) is 3.33. The molecule has 3 aromatic heterocycles. The summed E-state index contributed by atoms with van der Waals surface area (Å²) in [5.74, 6) is 2.41.